The topological polar surface area (TPSA) is 66.4 Å². The lowest BCUT2D eigenvalue weighted by Crippen LogP contribution is -2.35. The Kier molecular flexibility index (Phi) is 6.41. The molecule has 0 aromatic heterocycles. The van der Waals surface area contributed by atoms with E-state index in [4.69, 9.17) is 5.11 Å². The van der Waals surface area contributed by atoms with Gasteiger partial charge < -0.3 is 10.4 Å². The molecule has 132 valence electrons. The molecule has 1 fully saturated rings. The SMILES string of the molecule is CC(C)Cc1ccc(C(C)NC(=O)C2CCC(C(=O)O)CC2)cc1. The zero-order valence-corrected chi connectivity index (χ0v) is 14.9. The quantitative estimate of drug-likeness (QED) is 0.829. The van der Waals surface area contributed by atoms with Crippen molar-refractivity contribution in [1.82, 2.24) is 5.32 Å². The van der Waals surface area contributed by atoms with Gasteiger partial charge in [-0.3, -0.25) is 9.59 Å². The Morgan fingerprint density at radius 1 is 1.04 bits per heavy atom. The lowest BCUT2D eigenvalue weighted by molar-refractivity contribution is -0.144. The first-order valence-electron chi connectivity index (χ1n) is 8.98. The second kappa shape index (κ2) is 8.32. The van der Waals surface area contributed by atoms with Crippen LogP contribution in [0.3, 0.4) is 0 Å². The Labute approximate surface area is 144 Å². The monoisotopic (exact) mass is 331 g/mol. The molecule has 0 heterocycles. The number of aliphatic carboxylic acids is 1. The summed E-state index contributed by atoms with van der Waals surface area (Å²) in [7, 11) is 0. The van der Waals surface area contributed by atoms with Crippen molar-refractivity contribution >= 4 is 11.9 Å². The van der Waals surface area contributed by atoms with Crippen LogP contribution in [0, 0.1) is 17.8 Å². The van der Waals surface area contributed by atoms with Gasteiger partial charge in [-0.15, -0.1) is 0 Å². The van der Waals surface area contributed by atoms with E-state index in [1.807, 2.05) is 6.92 Å². The van der Waals surface area contributed by atoms with E-state index in [2.05, 4.69) is 43.4 Å². The summed E-state index contributed by atoms with van der Waals surface area (Å²) >= 11 is 0. The van der Waals surface area contributed by atoms with Gasteiger partial charge in [-0.2, -0.15) is 0 Å². The first-order valence-corrected chi connectivity index (χ1v) is 8.98. The van der Waals surface area contributed by atoms with E-state index in [0.29, 0.717) is 31.6 Å². The molecule has 1 unspecified atom stereocenters. The number of carboxylic acids is 1. The van der Waals surface area contributed by atoms with Crippen molar-refractivity contribution in [2.45, 2.75) is 58.9 Å². The number of hydrogen-bond donors (Lipinski definition) is 2. The van der Waals surface area contributed by atoms with Gasteiger partial charge >= 0.3 is 5.97 Å². The van der Waals surface area contributed by atoms with Gasteiger partial charge in [0.25, 0.3) is 0 Å². The molecule has 4 heteroatoms. The summed E-state index contributed by atoms with van der Waals surface area (Å²) in [5.41, 5.74) is 2.43. The molecule has 4 nitrogen and oxygen atoms in total. The van der Waals surface area contributed by atoms with Crippen LogP contribution in [0.25, 0.3) is 0 Å². The largest absolute Gasteiger partial charge is 0.481 e. The third-order valence-electron chi connectivity index (χ3n) is 4.93. The molecule has 1 aliphatic rings. The van der Waals surface area contributed by atoms with Crippen LogP contribution >= 0.6 is 0 Å². The predicted octanol–water partition coefficient (Wildman–Crippen LogP) is 3.95. The fraction of sp³-hybridized carbons (Fsp3) is 0.600. The molecule has 1 aromatic carbocycles. The molecule has 1 aliphatic carbocycles. The van der Waals surface area contributed by atoms with Crippen LogP contribution in [0.2, 0.25) is 0 Å². The molecule has 1 atom stereocenters. The Morgan fingerprint density at radius 2 is 1.58 bits per heavy atom. The Balaban J connectivity index is 1.86. The van der Waals surface area contributed by atoms with Crippen LogP contribution in [-0.4, -0.2) is 17.0 Å². The third-order valence-corrected chi connectivity index (χ3v) is 4.93. The molecule has 2 rings (SSSR count). The highest BCUT2D eigenvalue weighted by Crippen LogP contribution is 2.29. The van der Waals surface area contributed by atoms with Crippen molar-refractivity contribution in [2.75, 3.05) is 0 Å². The number of carboxylic acid groups (broad SMARTS) is 1. The van der Waals surface area contributed by atoms with Crippen molar-refractivity contribution in [3.05, 3.63) is 35.4 Å². The third kappa shape index (κ3) is 5.08. The second-order valence-electron chi connectivity index (χ2n) is 7.46. The molecule has 0 spiro atoms. The van der Waals surface area contributed by atoms with Gasteiger partial charge in [0.05, 0.1) is 12.0 Å². The number of benzene rings is 1. The zero-order chi connectivity index (χ0) is 17.7. The van der Waals surface area contributed by atoms with Crippen LogP contribution in [0.4, 0.5) is 0 Å². The van der Waals surface area contributed by atoms with Gasteiger partial charge in [-0.05, 0) is 56.1 Å². The van der Waals surface area contributed by atoms with Crippen molar-refractivity contribution in [3.63, 3.8) is 0 Å². The van der Waals surface area contributed by atoms with Crippen LogP contribution in [0.15, 0.2) is 24.3 Å². The van der Waals surface area contributed by atoms with Crippen molar-refractivity contribution in [2.24, 2.45) is 17.8 Å². The lowest BCUT2D eigenvalue weighted by atomic mass is 9.81. The van der Waals surface area contributed by atoms with Gasteiger partial charge in [0.15, 0.2) is 0 Å². The maximum atomic E-state index is 12.4. The van der Waals surface area contributed by atoms with Crippen molar-refractivity contribution < 1.29 is 14.7 Å². The first kappa shape index (κ1) is 18.5. The minimum absolute atomic E-state index is 0.0252. The lowest BCUT2D eigenvalue weighted by Gasteiger charge is -2.26. The molecule has 2 N–H and O–H groups in total. The fourth-order valence-corrected chi connectivity index (χ4v) is 3.43. The molecular weight excluding hydrogens is 302 g/mol. The van der Waals surface area contributed by atoms with E-state index in [-0.39, 0.29) is 23.8 Å². The summed E-state index contributed by atoms with van der Waals surface area (Å²) in [5, 5.41) is 12.1. The summed E-state index contributed by atoms with van der Waals surface area (Å²) in [6.07, 6.45) is 3.61. The maximum absolute atomic E-state index is 12.4. The smallest absolute Gasteiger partial charge is 0.306 e. The van der Waals surface area contributed by atoms with E-state index in [9.17, 15) is 9.59 Å². The standard InChI is InChI=1S/C20H29NO3/c1-13(2)12-15-4-6-16(7-5-15)14(3)21-19(22)17-8-10-18(11-9-17)20(23)24/h4-7,13-14,17-18H,8-12H2,1-3H3,(H,21,22)(H,23,24). The molecule has 1 aromatic rings. The maximum Gasteiger partial charge on any atom is 0.306 e. The van der Waals surface area contributed by atoms with E-state index < -0.39 is 5.97 Å². The Bertz CT molecular complexity index is 557. The summed E-state index contributed by atoms with van der Waals surface area (Å²) in [5.74, 6) is -0.376. The number of hydrogen-bond acceptors (Lipinski definition) is 2. The number of carbonyl (C=O) groups is 2. The summed E-state index contributed by atoms with van der Waals surface area (Å²) in [6, 6.07) is 8.42. The van der Waals surface area contributed by atoms with E-state index in [1.165, 1.54) is 5.56 Å². The molecule has 0 radical (unpaired) electrons. The van der Waals surface area contributed by atoms with E-state index >= 15 is 0 Å². The summed E-state index contributed by atoms with van der Waals surface area (Å²) in [6.45, 7) is 6.41. The molecular formula is C20H29NO3. The van der Waals surface area contributed by atoms with Crippen LogP contribution in [-0.2, 0) is 16.0 Å². The predicted molar refractivity (Wildman–Crippen MR) is 94.6 cm³/mol. The van der Waals surface area contributed by atoms with Gasteiger partial charge in [0.1, 0.15) is 0 Å². The first-order chi connectivity index (χ1) is 11.4. The normalized spacial score (nSPS) is 22.2. The minimum Gasteiger partial charge on any atom is -0.481 e. The van der Waals surface area contributed by atoms with E-state index in [1.54, 1.807) is 0 Å². The minimum atomic E-state index is -0.733. The molecule has 0 bridgehead atoms. The molecule has 1 amide bonds. The number of carbonyl (C=O) groups excluding carboxylic acids is 1. The van der Waals surface area contributed by atoms with Gasteiger partial charge in [-0.1, -0.05) is 38.1 Å². The van der Waals surface area contributed by atoms with E-state index in [0.717, 1.165) is 12.0 Å². The molecule has 0 saturated heterocycles. The highest BCUT2D eigenvalue weighted by Gasteiger charge is 2.30. The van der Waals surface area contributed by atoms with Crippen LogP contribution in [0.1, 0.15) is 63.6 Å². The molecule has 24 heavy (non-hydrogen) atoms. The van der Waals surface area contributed by atoms with Crippen LogP contribution < -0.4 is 5.32 Å². The highest BCUT2D eigenvalue weighted by molar-refractivity contribution is 5.79. The van der Waals surface area contributed by atoms with Crippen molar-refractivity contribution in [3.8, 4) is 0 Å². The van der Waals surface area contributed by atoms with Gasteiger partial charge in [0, 0.05) is 5.92 Å². The van der Waals surface area contributed by atoms with Gasteiger partial charge in [0.2, 0.25) is 5.91 Å². The Morgan fingerprint density at radius 3 is 2.08 bits per heavy atom. The molecule has 1 saturated carbocycles. The zero-order valence-electron chi connectivity index (χ0n) is 14.9. The average molecular weight is 331 g/mol. The number of nitrogens with one attached hydrogen (secondary N) is 1. The van der Waals surface area contributed by atoms with Gasteiger partial charge in [-0.25, -0.2) is 0 Å². The summed E-state index contributed by atoms with van der Waals surface area (Å²) < 4.78 is 0. The summed E-state index contributed by atoms with van der Waals surface area (Å²) in [4.78, 5) is 23.4. The van der Waals surface area contributed by atoms with Crippen LogP contribution in [0.5, 0.6) is 0 Å². The second-order valence-corrected chi connectivity index (χ2v) is 7.46. The average Bonchev–Trinajstić information content (AvgIpc) is 2.55. The number of amides is 1. The fourth-order valence-electron chi connectivity index (χ4n) is 3.43. The van der Waals surface area contributed by atoms with Crippen molar-refractivity contribution in [1.29, 1.82) is 0 Å². The molecule has 0 aliphatic heterocycles. The number of rotatable bonds is 6. The Hall–Kier alpha value is -1.84. The highest BCUT2D eigenvalue weighted by atomic mass is 16.4.